The zero-order chi connectivity index (χ0) is 15.8. The van der Waals surface area contributed by atoms with Crippen molar-refractivity contribution in [2.75, 3.05) is 0 Å². The van der Waals surface area contributed by atoms with Gasteiger partial charge in [0, 0.05) is 17.0 Å². The molecular formula is C16H20N2O3. The van der Waals surface area contributed by atoms with Crippen molar-refractivity contribution in [3.63, 3.8) is 0 Å². The number of hydrogen-bond donors (Lipinski definition) is 3. The Kier molecular flexibility index (Phi) is 3.63. The number of carbonyl (C=O) groups is 1. The summed E-state index contributed by atoms with van der Waals surface area (Å²) in [6, 6.07) is 8.39. The van der Waals surface area contributed by atoms with E-state index in [1.807, 2.05) is 0 Å². The van der Waals surface area contributed by atoms with Gasteiger partial charge >= 0.3 is 0 Å². The summed E-state index contributed by atoms with van der Waals surface area (Å²) in [7, 11) is 0. The highest BCUT2D eigenvalue weighted by Crippen LogP contribution is 2.22. The van der Waals surface area contributed by atoms with Gasteiger partial charge in [-0.1, -0.05) is 18.2 Å². The van der Waals surface area contributed by atoms with E-state index in [0.29, 0.717) is 16.5 Å². The molecule has 2 rings (SSSR count). The van der Waals surface area contributed by atoms with Crippen LogP contribution in [0, 0.1) is 0 Å². The zero-order valence-corrected chi connectivity index (χ0v) is 12.7. The number of rotatable bonds is 3. The van der Waals surface area contributed by atoms with E-state index in [4.69, 9.17) is 0 Å². The summed E-state index contributed by atoms with van der Waals surface area (Å²) in [4.78, 5) is 26.9. The van der Waals surface area contributed by atoms with E-state index >= 15 is 0 Å². The summed E-state index contributed by atoms with van der Waals surface area (Å²) in [6.45, 7) is 6.73. The van der Waals surface area contributed by atoms with Crippen molar-refractivity contribution >= 4 is 16.8 Å². The maximum absolute atomic E-state index is 12.5. The van der Waals surface area contributed by atoms with Crippen molar-refractivity contribution in [1.29, 1.82) is 0 Å². The molecule has 1 heterocycles. The number of fused-ring (bicyclic) bond motifs is 1. The van der Waals surface area contributed by atoms with Gasteiger partial charge < -0.3 is 15.4 Å². The molecule has 1 amide bonds. The summed E-state index contributed by atoms with van der Waals surface area (Å²) in [5.41, 5.74) is -1.37. The number of aliphatic hydroxyl groups is 1. The Morgan fingerprint density at radius 3 is 2.43 bits per heavy atom. The Morgan fingerprint density at radius 2 is 1.81 bits per heavy atom. The van der Waals surface area contributed by atoms with Gasteiger partial charge in [-0.05, 0) is 33.8 Å². The smallest absolute Gasteiger partial charge is 0.252 e. The second kappa shape index (κ2) is 5.00. The second-order valence-corrected chi connectivity index (χ2v) is 6.23. The molecule has 1 aromatic carbocycles. The van der Waals surface area contributed by atoms with E-state index in [2.05, 4.69) is 10.3 Å². The monoisotopic (exact) mass is 288 g/mol. The Balaban J connectivity index is 2.48. The molecule has 0 spiro atoms. The number of benzene rings is 1. The van der Waals surface area contributed by atoms with E-state index in [1.165, 1.54) is 6.07 Å². The summed E-state index contributed by atoms with van der Waals surface area (Å²) < 4.78 is 0. The number of H-pyrrole nitrogens is 1. The van der Waals surface area contributed by atoms with Crippen LogP contribution >= 0.6 is 0 Å². The minimum atomic E-state index is -1.10. The molecule has 112 valence electrons. The number of aromatic nitrogens is 1. The fraction of sp³-hybridized carbons (Fsp3) is 0.375. The molecule has 21 heavy (non-hydrogen) atoms. The molecule has 0 radical (unpaired) electrons. The van der Waals surface area contributed by atoms with Crippen molar-refractivity contribution in [2.24, 2.45) is 0 Å². The first-order chi connectivity index (χ1) is 9.62. The quantitative estimate of drug-likeness (QED) is 0.805. The molecule has 2 aromatic rings. The van der Waals surface area contributed by atoms with Crippen LogP contribution in [0.25, 0.3) is 10.9 Å². The third-order valence-electron chi connectivity index (χ3n) is 3.95. The van der Waals surface area contributed by atoms with Gasteiger partial charge in [0.1, 0.15) is 0 Å². The minimum Gasteiger partial charge on any atom is -0.388 e. The molecule has 0 bridgehead atoms. The van der Waals surface area contributed by atoms with Gasteiger partial charge in [0.25, 0.3) is 5.91 Å². The first-order valence-corrected chi connectivity index (χ1v) is 6.79. The van der Waals surface area contributed by atoms with Crippen molar-refractivity contribution in [2.45, 2.75) is 38.8 Å². The third-order valence-corrected chi connectivity index (χ3v) is 3.95. The van der Waals surface area contributed by atoms with E-state index in [1.54, 1.807) is 52.0 Å². The van der Waals surface area contributed by atoms with E-state index < -0.39 is 11.1 Å². The van der Waals surface area contributed by atoms with Crippen LogP contribution in [0.3, 0.4) is 0 Å². The van der Waals surface area contributed by atoms with Gasteiger partial charge in [-0.3, -0.25) is 9.59 Å². The maximum Gasteiger partial charge on any atom is 0.252 e. The number of pyridine rings is 1. The average molecular weight is 288 g/mol. The van der Waals surface area contributed by atoms with Crippen LogP contribution in [0.2, 0.25) is 0 Å². The molecular weight excluding hydrogens is 268 g/mol. The molecule has 0 aliphatic rings. The lowest BCUT2D eigenvalue weighted by Crippen LogP contribution is -2.57. The molecule has 0 saturated carbocycles. The molecule has 0 unspecified atom stereocenters. The zero-order valence-electron chi connectivity index (χ0n) is 12.7. The molecule has 0 fully saturated rings. The fourth-order valence-corrected chi connectivity index (χ4v) is 1.90. The summed E-state index contributed by atoms with van der Waals surface area (Å²) in [5, 5.41) is 13.6. The molecule has 3 N–H and O–H groups in total. The number of hydrogen-bond acceptors (Lipinski definition) is 3. The third kappa shape index (κ3) is 2.97. The summed E-state index contributed by atoms with van der Waals surface area (Å²) >= 11 is 0. The lowest BCUT2D eigenvalue weighted by Gasteiger charge is -2.38. The highest BCUT2D eigenvalue weighted by molar-refractivity contribution is 6.06. The van der Waals surface area contributed by atoms with Gasteiger partial charge in [-0.15, -0.1) is 0 Å². The molecule has 5 nitrogen and oxygen atoms in total. The van der Waals surface area contributed by atoms with Crippen LogP contribution in [0.15, 0.2) is 35.1 Å². The highest BCUT2D eigenvalue weighted by Gasteiger charge is 2.36. The van der Waals surface area contributed by atoms with E-state index in [-0.39, 0.29) is 11.5 Å². The first kappa shape index (κ1) is 15.3. The van der Waals surface area contributed by atoms with Crippen LogP contribution in [-0.4, -0.2) is 27.1 Å². The van der Waals surface area contributed by atoms with Crippen molar-refractivity contribution in [1.82, 2.24) is 10.3 Å². The van der Waals surface area contributed by atoms with Crippen LogP contribution in [0.4, 0.5) is 0 Å². The van der Waals surface area contributed by atoms with Crippen LogP contribution in [0.1, 0.15) is 38.1 Å². The van der Waals surface area contributed by atoms with Gasteiger partial charge in [0.05, 0.1) is 16.7 Å². The molecule has 5 heteroatoms. The van der Waals surface area contributed by atoms with Crippen LogP contribution < -0.4 is 10.9 Å². The van der Waals surface area contributed by atoms with Gasteiger partial charge in [0.2, 0.25) is 5.56 Å². The minimum absolute atomic E-state index is 0.298. The average Bonchev–Trinajstić information content (AvgIpc) is 2.35. The number of nitrogens with one attached hydrogen (secondary N) is 2. The largest absolute Gasteiger partial charge is 0.388 e. The van der Waals surface area contributed by atoms with Crippen molar-refractivity contribution in [3.05, 3.63) is 46.2 Å². The fourth-order valence-electron chi connectivity index (χ4n) is 1.90. The first-order valence-electron chi connectivity index (χ1n) is 6.79. The number of amides is 1. The number of para-hydroxylation sites is 1. The molecule has 0 atom stereocenters. The van der Waals surface area contributed by atoms with E-state index in [9.17, 15) is 14.7 Å². The topological polar surface area (TPSA) is 82.2 Å². The predicted molar refractivity (Wildman–Crippen MR) is 82.4 cm³/mol. The Hall–Kier alpha value is -2.14. The lowest BCUT2D eigenvalue weighted by atomic mass is 9.85. The Labute approximate surface area is 123 Å². The molecule has 0 saturated heterocycles. The van der Waals surface area contributed by atoms with E-state index in [0.717, 1.165) is 0 Å². The molecule has 1 aromatic heterocycles. The Bertz CT molecular complexity index is 739. The summed E-state index contributed by atoms with van der Waals surface area (Å²) in [5.74, 6) is -0.385. The standard InChI is InChI=1S/C16H20N2O3/c1-15(2,16(3,4)21)18-14(20)11-9-13(19)17-12-8-6-5-7-10(11)12/h5-9,21H,1-4H3,(H,17,19)(H,18,20). The van der Waals surface area contributed by atoms with Crippen LogP contribution in [-0.2, 0) is 0 Å². The molecule has 0 aliphatic heterocycles. The van der Waals surface area contributed by atoms with Crippen LogP contribution in [0.5, 0.6) is 0 Å². The normalized spacial score (nSPS) is 12.4. The van der Waals surface area contributed by atoms with Gasteiger partial charge in [-0.25, -0.2) is 0 Å². The van der Waals surface area contributed by atoms with Gasteiger partial charge in [0.15, 0.2) is 0 Å². The SMILES string of the molecule is CC(C)(O)C(C)(C)NC(=O)c1cc(=O)[nH]c2ccccc12. The maximum atomic E-state index is 12.5. The predicted octanol–water partition coefficient (Wildman–Crippen LogP) is 1.81. The number of aromatic amines is 1. The summed E-state index contributed by atoms with van der Waals surface area (Å²) in [6.07, 6.45) is 0. The highest BCUT2D eigenvalue weighted by atomic mass is 16.3. The number of carbonyl (C=O) groups excluding carboxylic acids is 1. The second-order valence-electron chi connectivity index (χ2n) is 6.23. The van der Waals surface area contributed by atoms with Crippen molar-refractivity contribution in [3.8, 4) is 0 Å². The lowest BCUT2D eigenvalue weighted by molar-refractivity contribution is -0.00289. The molecule has 0 aliphatic carbocycles. The Morgan fingerprint density at radius 1 is 1.19 bits per heavy atom. The van der Waals surface area contributed by atoms with Gasteiger partial charge in [-0.2, -0.15) is 0 Å². The van der Waals surface area contributed by atoms with Crippen molar-refractivity contribution < 1.29 is 9.90 Å².